The van der Waals surface area contributed by atoms with Gasteiger partial charge in [-0.05, 0) is 80.9 Å². The number of phenolic OH excluding ortho intramolecular Hbond substituents is 1. The van der Waals surface area contributed by atoms with E-state index in [2.05, 4.69) is 23.7 Å². The van der Waals surface area contributed by atoms with Crippen LogP contribution in [0.4, 0.5) is 0 Å². The Bertz CT molecular complexity index is 1030. The first-order chi connectivity index (χ1) is 15.3. The van der Waals surface area contributed by atoms with Crippen molar-refractivity contribution >= 4 is 17.4 Å². The Balaban J connectivity index is 2.06. The number of phenols is 1. The van der Waals surface area contributed by atoms with Gasteiger partial charge in [0.25, 0.3) is 11.7 Å². The lowest BCUT2D eigenvalue weighted by Crippen LogP contribution is -2.33. The van der Waals surface area contributed by atoms with Crippen LogP contribution in [0, 0.1) is 13.8 Å². The quantitative estimate of drug-likeness (QED) is 0.373. The molecule has 2 N–H and O–H groups in total. The normalized spacial score (nSPS) is 18.0. The summed E-state index contributed by atoms with van der Waals surface area (Å²) in [6.45, 7) is 10.9. The summed E-state index contributed by atoms with van der Waals surface area (Å²) in [5.74, 6) is -1.88. The SMILES string of the molecule is CCN(CC)CCCN1C(=O)C(=O)C(=C(O)c2cc(C)c(C)cc2O)[C@@H]1c1ccncc1. The van der Waals surface area contributed by atoms with Crippen molar-refractivity contribution in [2.24, 2.45) is 0 Å². The zero-order chi connectivity index (χ0) is 23.4. The number of pyridine rings is 1. The maximum absolute atomic E-state index is 13.1. The van der Waals surface area contributed by atoms with E-state index in [9.17, 15) is 19.8 Å². The number of aryl methyl sites for hydroxylation is 2. The van der Waals surface area contributed by atoms with E-state index >= 15 is 0 Å². The van der Waals surface area contributed by atoms with Crippen molar-refractivity contribution in [3.63, 3.8) is 0 Å². The molecule has 1 amide bonds. The van der Waals surface area contributed by atoms with Crippen molar-refractivity contribution in [1.29, 1.82) is 0 Å². The van der Waals surface area contributed by atoms with Crippen molar-refractivity contribution in [2.45, 2.75) is 40.2 Å². The number of carbonyl (C=O) groups is 2. The van der Waals surface area contributed by atoms with E-state index in [1.165, 1.54) is 4.90 Å². The number of aliphatic hydroxyl groups excluding tert-OH is 1. The molecule has 2 aromatic rings. The van der Waals surface area contributed by atoms with Gasteiger partial charge < -0.3 is 20.0 Å². The van der Waals surface area contributed by atoms with Crippen LogP contribution in [0.15, 0.2) is 42.2 Å². The molecule has 7 nitrogen and oxygen atoms in total. The zero-order valence-corrected chi connectivity index (χ0v) is 19.1. The standard InChI is InChI=1S/C25H31N3O4/c1-5-27(6-2)12-7-13-28-22(18-8-10-26-11-9-18)21(24(31)25(28)32)23(30)19-14-16(3)17(4)15-20(19)29/h8-11,14-15,22,29-30H,5-7,12-13H2,1-4H3/t22-/m0/s1. The maximum atomic E-state index is 13.1. The fourth-order valence-corrected chi connectivity index (χ4v) is 4.14. The van der Waals surface area contributed by atoms with Crippen molar-refractivity contribution in [3.8, 4) is 5.75 Å². The number of aromatic hydroxyl groups is 1. The average molecular weight is 438 g/mol. The molecule has 0 spiro atoms. The molecule has 0 saturated carbocycles. The molecule has 1 fully saturated rings. The smallest absolute Gasteiger partial charge is 0.295 e. The Kier molecular flexibility index (Phi) is 7.30. The first-order valence-electron chi connectivity index (χ1n) is 11.0. The number of likely N-dealkylation sites (tertiary alicyclic amines) is 1. The number of hydrogen-bond donors (Lipinski definition) is 2. The van der Waals surface area contributed by atoms with E-state index in [1.807, 2.05) is 13.8 Å². The lowest BCUT2D eigenvalue weighted by Gasteiger charge is -2.26. The third-order valence-electron chi connectivity index (χ3n) is 6.20. The highest BCUT2D eigenvalue weighted by Crippen LogP contribution is 2.41. The van der Waals surface area contributed by atoms with Crippen molar-refractivity contribution < 1.29 is 19.8 Å². The molecule has 1 aliphatic heterocycles. The van der Waals surface area contributed by atoms with Crippen LogP contribution in [-0.4, -0.2) is 62.9 Å². The molecular formula is C25H31N3O4. The molecule has 0 unspecified atom stereocenters. The molecular weight excluding hydrogens is 406 g/mol. The van der Waals surface area contributed by atoms with Gasteiger partial charge in [0.1, 0.15) is 11.5 Å². The number of nitrogens with zero attached hydrogens (tertiary/aromatic N) is 3. The van der Waals surface area contributed by atoms with E-state index in [0.29, 0.717) is 18.5 Å². The van der Waals surface area contributed by atoms with E-state index in [-0.39, 0.29) is 22.6 Å². The fraction of sp³-hybridized carbons (Fsp3) is 0.400. The summed E-state index contributed by atoms with van der Waals surface area (Å²) in [5, 5.41) is 21.6. The Morgan fingerprint density at radius 3 is 2.34 bits per heavy atom. The molecule has 1 aromatic heterocycles. The summed E-state index contributed by atoms with van der Waals surface area (Å²) < 4.78 is 0. The van der Waals surface area contributed by atoms with Gasteiger partial charge >= 0.3 is 0 Å². The number of ketones is 1. The molecule has 0 aliphatic carbocycles. The van der Waals surface area contributed by atoms with Crippen LogP contribution >= 0.6 is 0 Å². The number of aromatic nitrogens is 1. The number of rotatable bonds is 8. The number of hydrogen-bond acceptors (Lipinski definition) is 6. The van der Waals surface area contributed by atoms with Gasteiger partial charge in [-0.15, -0.1) is 0 Å². The highest BCUT2D eigenvalue weighted by Gasteiger charge is 2.46. The third-order valence-corrected chi connectivity index (χ3v) is 6.20. The van der Waals surface area contributed by atoms with Crippen LogP contribution < -0.4 is 0 Å². The van der Waals surface area contributed by atoms with Crippen molar-refractivity contribution in [3.05, 3.63) is 64.5 Å². The Labute approximate surface area is 189 Å². The fourth-order valence-electron chi connectivity index (χ4n) is 4.14. The van der Waals surface area contributed by atoms with Crippen LogP contribution in [-0.2, 0) is 9.59 Å². The average Bonchev–Trinajstić information content (AvgIpc) is 3.04. The second-order valence-electron chi connectivity index (χ2n) is 8.11. The van der Waals surface area contributed by atoms with Gasteiger partial charge in [-0.3, -0.25) is 14.6 Å². The van der Waals surface area contributed by atoms with Gasteiger partial charge in [-0.25, -0.2) is 0 Å². The Morgan fingerprint density at radius 2 is 1.72 bits per heavy atom. The molecule has 0 radical (unpaired) electrons. The van der Waals surface area contributed by atoms with Gasteiger partial charge in [0, 0.05) is 18.9 Å². The molecule has 1 aromatic carbocycles. The third kappa shape index (κ3) is 4.53. The van der Waals surface area contributed by atoms with E-state index in [1.54, 1.807) is 36.7 Å². The Morgan fingerprint density at radius 1 is 1.09 bits per heavy atom. The van der Waals surface area contributed by atoms with Gasteiger partial charge in [0.05, 0.1) is 17.2 Å². The molecule has 0 bridgehead atoms. The predicted octanol–water partition coefficient (Wildman–Crippen LogP) is 3.56. The van der Waals surface area contributed by atoms with Crippen LogP contribution in [0.2, 0.25) is 0 Å². The van der Waals surface area contributed by atoms with Crippen LogP contribution in [0.3, 0.4) is 0 Å². The topological polar surface area (TPSA) is 94.0 Å². The molecule has 32 heavy (non-hydrogen) atoms. The lowest BCUT2D eigenvalue weighted by molar-refractivity contribution is -0.140. The molecule has 1 saturated heterocycles. The van der Waals surface area contributed by atoms with E-state index in [4.69, 9.17) is 0 Å². The number of carbonyl (C=O) groups excluding carboxylic acids is 2. The molecule has 170 valence electrons. The maximum Gasteiger partial charge on any atom is 0.295 e. The predicted molar refractivity (Wildman–Crippen MR) is 123 cm³/mol. The molecule has 2 heterocycles. The molecule has 7 heteroatoms. The van der Waals surface area contributed by atoms with Gasteiger partial charge in [-0.2, -0.15) is 0 Å². The van der Waals surface area contributed by atoms with Crippen molar-refractivity contribution in [1.82, 2.24) is 14.8 Å². The Hall–Kier alpha value is -3.19. The van der Waals surface area contributed by atoms with Gasteiger partial charge in [0.2, 0.25) is 0 Å². The number of amides is 1. The first-order valence-corrected chi connectivity index (χ1v) is 11.0. The minimum atomic E-state index is -0.746. The first kappa shape index (κ1) is 23.5. The summed E-state index contributed by atoms with van der Waals surface area (Å²) in [4.78, 5) is 33.9. The minimum Gasteiger partial charge on any atom is -0.507 e. The minimum absolute atomic E-state index is 0.0115. The second kappa shape index (κ2) is 9.96. The van der Waals surface area contributed by atoms with E-state index in [0.717, 1.165) is 30.8 Å². The number of aliphatic hydroxyl groups is 1. The van der Waals surface area contributed by atoms with Gasteiger partial charge in [0.15, 0.2) is 0 Å². The largest absolute Gasteiger partial charge is 0.507 e. The number of benzene rings is 1. The summed E-state index contributed by atoms with van der Waals surface area (Å²) >= 11 is 0. The monoisotopic (exact) mass is 437 g/mol. The number of Topliss-reactive ketones (excluding diaryl/α,β-unsaturated/α-hetero) is 1. The van der Waals surface area contributed by atoms with Crippen LogP contribution in [0.25, 0.3) is 5.76 Å². The summed E-state index contributed by atoms with van der Waals surface area (Å²) in [6, 6.07) is 5.92. The van der Waals surface area contributed by atoms with Crippen LogP contribution in [0.1, 0.15) is 48.6 Å². The summed E-state index contributed by atoms with van der Waals surface area (Å²) in [5.41, 5.74) is 2.54. The van der Waals surface area contributed by atoms with Crippen LogP contribution in [0.5, 0.6) is 5.75 Å². The highest BCUT2D eigenvalue weighted by molar-refractivity contribution is 6.46. The molecule has 1 atom stereocenters. The molecule has 1 aliphatic rings. The highest BCUT2D eigenvalue weighted by atomic mass is 16.3. The van der Waals surface area contributed by atoms with Gasteiger partial charge in [-0.1, -0.05) is 13.8 Å². The summed E-state index contributed by atoms with van der Waals surface area (Å²) in [6.07, 6.45) is 3.89. The van der Waals surface area contributed by atoms with Crippen molar-refractivity contribution in [2.75, 3.05) is 26.2 Å². The second-order valence-corrected chi connectivity index (χ2v) is 8.11. The molecule has 3 rings (SSSR count). The zero-order valence-electron chi connectivity index (χ0n) is 19.1. The summed E-state index contributed by atoms with van der Waals surface area (Å²) in [7, 11) is 0. The van der Waals surface area contributed by atoms with E-state index < -0.39 is 17.7 Å². The lowest BCUT2D eigenvalue weighted by atomic mass is 9.94.